The van der Waals surface area contributed by atoms with Gasteiger partial charge in [-0.2, -0.15) is 0 Å². The normalized spacial score (nSPS) is 18.7. The fourth-order valence-electron chi connectivity index (χ4n) is 5.10. The maximum Gasteiger partial charge on any atom is 0.303 e. The Labute approximate surface area is 212 Å². The van der Waals surface area contributed by atoms with Crippen LogP contribution in [-0.2, 0) is 16.0 Å². The second-order valence-electron chi connectivity index (χ2n) is 11.0. The Morgan fingerprint density at radius 2 is 2.00 bits per heavy atom. The van der Waals surface area contributed by atoms with E-state index in [0.29, 0.717) is 28.7 Å². The van der Waals surface area contributed by atoms with E-state index in [9.17, 15) is 19.8 Å². The summed E-state index contributed by atoms with van der Waals surface area (Å²) >= 11 is 6.26. The summed E-state index contributed by atoms with van der Waals surface area (Å²) in [6, 6.07) is 5.38. The maximum absolute atomic E-state index is 12.9. The quantitative estimate of drug-likeness (QED) is 0.342. The minimum absolute atomic E-state index is 0.0409. The fourth-order valence-corrected chi connectivity index (χ4v) is 5.38. The van der Waals surface area contributed by atoms with Gasteiger partial charge in [0.05, 0.1) is 16.4 Å². The molecule has 3 N–H and O–H groups in total. The van der Waals surface area contributed by atoms with Gasteiger partial charge in [-0.1, -0.05) is 43.6 Å². The molecule has 7 nitrogen and oxygen atoms in total. The number of amides is 1. The lowest BCUT2D eigenvalue weighted by molar-refractivity contribution is -0.137. The average molecular weight is 505 g/mol. The molecule has 1 aromatic carbocycles. The highest BCUT2D eigenvalue weighted by molar-refractivity contribution is 6.33. The molecule has 8 heteroatoms. The molecule has 2 aromatic rings. The second kappa shape index (κ2) is 11.6. The molecule has 192 valence electrons. The van der Waals surface area contributed by atoms with Crippen LogP contribution in [0.1, 0.15) is 93.7 Å². The van der Waals surface area contributed by atoms with Crippen molar-refractivity contribution in [2.45, 2.75) is 84.5 Å². The van der Waals surface area contributed by atoms with Gasteiger partial charge in [0, 0.05) is 43.3 Å². The first kappa shape index (κ1) is 27.2. The molecule has 0 bridgehead atoms. The van der Waals surface area contributed by atoms with Crippen molar-refractivity contribution in [3.8, 4) is 0 Å². The highest BCUT2D eigenvalue weighted by Gasteiger charge is 2.38. The number of aromatic nitrogens is 1. The molecular formula is C27H37ClN2O5. The summed E-state index contributed by atoms with van der Waals surface area (Å²) in [7, 11) is 0. The van der Waals surface area contributed by atoms with Crippen LogP contribution >= 0.6 is 11.6 Å². The van der Waals surface area contributed by atoms with E-state index in [-0.39, 0.29) is 43.1 Å². The number of carboxylic acids is 1. The molecule has 0 spiro atoms. The van der Waals surface area contributed by atoms with Gasteiger partial charge in [-0.05, 0) is 61.6 Å². The number of halogens is 1. The van der Waals surface area contributed by atoms with Crippen molar-refractivity contribution >= 4 is 29.2 Å². The number of benzene rings is 1. The van der Waals surface area contributed by atoms with Crippen LogP contribution in [-0.4, -0.2) is 33.9 Å². The van der Waals surface area contributed by atoms with Crippen molar-refractivity contribution < 1.29 is 24.3 Å². The van der Waals surface area contributed by atoms with Gasteiger partial charge in [0.2, 0.25) is 5.91 Å². The number of rotatable bonds is 11. The Hall–Kier alpha value is -2.38. The average Bonchev–Trinajstić information content (AvgIpc) is 3.12. The Morgan fingerprint density at radius 3 is 2.60 bits per heavy atom. The van der Waals surface area contributed by atoms with Gasteiger partial charge in [0.25, 0.3) is 0 Å². The molecule has 0 aliphatic heterocycles. The molecule has 1 saturated carbocycles. The lowest BCUT2D eigenvalue weighted by Crippen LogP contribution is -2.26. The van der Waals surface area contributed by atoms with Crippen molar-refractivity contribution in [1.82, 2.24) is 5.16 Å². The van der Waals surface area contributed by atoms with Gasteiger partial charge >= 0.3 is 5.97 Å². The number of nitrogens with one attached hydrogen (secondary N) is 1. The summed E-state index contributed by atoms with van der Waals surface area (Å²) in [5.74, 6) is -0.0110. The van der Waals surface area contributed by atoms with Gasteiger partial charge in [-0.3, -0.25) is 9.59 Å². The molecule has 1 heterocycles. The number of hydrogen-bond acceptors (Lipinski definition) is 5. The summed E-state index contributed by atoms with van der Waals surface area (Å²) < 4.78 is 5.79. The van der Waals surface area contributed by atoms with Crippen molar-refractivity contribution in [2.75, 3.05) is 11.9 Å². The summed E-state index contributed by atoms with van der Waals surface area (Å²) in [6.07, 6.45) is 3.71. The smallest absolute Gasteiger partial charge is 0.303 e. The van der Waals surface area contributed by atoms with Crippen LogP contribution < -0.4 is 5.32 Å². The predicted octanol–water partition coefficient (Wildman–Crippen LogP) is 6.08. The monoisotopic (exact) mass is 504 g/mol. The number of aryl methyl sites for hydroxylation is 1. The third kappa shape index (κ3) is 7.55. The van der Waals surface area contributed by atoms with E-state index in [2.05, 4.69) is 31.2 Å². The lowest BCUT2D eigenvalue weighted by Gasteiger charge is -2.38. The van der Waals surface area contributed by atoms with E-state index < -0.39 is 11.9 Å². The van der Waals surface area contributed by atoms with Crippen LogP contribution in [0.5, 0.6) is 0 Å². The highest BCUT2D eigenvalue weighted by Crippen LogP contribution is 2.48. The number of carbonyl (C=O) groups excluding carboxylic acids is 1. The SMILES string of the molecule is Cc1ccc(NC(=O)CC(CCC(=O)O)c2noc(C3CC(CC(C)(C)C)C3)c2CCO)c(Cl)c1. The van der Waals surface area contributed by atoms with Crippen LogP contribution in [0.15, 0.2) is 22.7 Å². The number of aliphatic hydroxyl groups excluding tert-OH is 1. The molecule has 1 aromatic heterocycles. The number of carboxylic acid groups (broad SMARTS) is 1. The van der Waals surface area contributed by atoms with Gasteiger partial charge in [0.15, 0.2) is 0 Å². The Balaban J connectivity index is 1.78. The first-order valence-corrected chi connectivity index (χ1v) is 12.7. The number of hydrogen-bond donors (Lipinski definition) is 3. The topological polar surface area (TPSA) is 113 Å². The van der Waals surface area contributed by atoms with Gasteiger partial charge < -0.3 is 20.1 Å². The lowest BCUT2D eigenvalue weighted by atomic mass is 9.67. The van der Waals surface area contributed by atoms with Crippen LogP contribution in [0.3, 0.4) is 0 Å². The zero-order valence-corrected chi connectivity index (χ0v) is 21.8. The summed E-state index contributed by atoms with van der Waals surface area (Å²) in [5.41, 5.74) is 3.17. The zero-order chi connectivity index (χ0) is 25.8. The Bertz CT molecular complexity index is 1040. The summed E-state index contributed by atoms with van der Waals surface area (Å²) in [5, 5.41) is 26.6. The van der Waals surface area contributed by atoms with E-state index in [1.165, 1.54) is 0 Å². The molecule has 3 rings (SSSR count). The number of nitrogens with zero attached hydrogens (tertiary/aromatic N) is 1. The van der Waals surface area contributed by atoms with Crippen molar-refractivity contribution in [1.29, 1.82) is 0 Å². The minimum atomic E-state index is -0.937. The van der Waals surface area contributed by atoms with E-state index in [4.69, 9.17) is 16.1 Å². The van der Waals surface area contributed by atoms with E-state index in [0.717, 1.165) is 36.1 Å². The van der Waals surface area contributed by atoms with Crippen LogP contribution in [0.4, 0.5) is 5.69 Å². The molecule has 1 aliphatic carbocycles. The molecule has 1 unspecified atom stereocenters. The standard InChI is InChI=1S/C27H37ClN2O5/c1-16-5-7-22(21(28)11-16)29-23(32)14-18(6-8-24(33)34)25-20(9-10-31)26(35-30-25)19-12-17(13-19)15-27(2,3)4/h5,7,11,17-19,31H,6,8-10,12-15H2,1-4H3,(H,29,32)(H,33,34). The number of aliphatic hydroxyl groups is 1. The van der Waals surface area contributed by atoms with Crippen LogP contribution in [0, 0.1) is 18.3 Å². The number of aliphatic carboxylic acids is 1. The second-order valence-corrected chi connectivity index (χ2v) is 11.5. The van der Waals surface area contributed by atoms with E-state index in [1.54, 1.807) is 12.1 Å². The summed E-state index contributed by atoms with van der Waals surface area (Å²) in [6.45, 7) is 8.57. The molecular weight excluding hydrogens is 468 g/mol. The minimum Gasteiger partial charge on any atom is -0.481 e. The summed E-state index contributed by atoms with van der Waals surface area (Å²) in [4.78, 5) is 24.2. The van der Waals surface area contributed by atoms with Gasteiger partial charge in [-0.25, -0.2) is 0 Å². The van der Waals surface area contributed by atoms with Crippen molar-refractivity contribution in [2.24, 2.45) is 11.3 Å². The highest BCUT2D eigenvalue weighted by atomic mass is 35.5. The molecule has 0 saturated heterocycles. The van der Waals surface area contributed by atoms with Gasteiger partial charge in [-0.15, -0.1) is 0 Å². The van der Waals surface area contributed by atoms with Crippen LogP contribution in [0.2, 0.25) is 5.02 Å². The first-order valence-electron chi connectivity index (χ1n) is 12.3. The molecule has 1 atom stereocenters. The Kier molecular flexibility index (Phi) is 9.00. The van der Waals surface area contributed by atoms with E-state index in [1.807, 2.05) is 13.0 Å². The zero-order valence-electron chi connectivity index (χ0n) is 21.1. The van der Waals surface area contributed by atoms with Crippen LogP contribution in [0.25, 0.3) is 0 Å². The third-order valence-electron chi connectivity index (χ3n) is 6.64. The number of anilines is 1. The molecule has 1 amide bonds. The van der Waals surface area contributed by atoms with Gasteiger partial charge in [0.1, 0.15) is 5.76 Å². The number of carbonyl (C=O) groups is 2. The predicted molar refractivity (Wildman–Crippen MR) is 136 cm³/mol. The Morgan fingerprint density at radius 1 is 1.29 bits per heavy atom. The molecule has 35 heavy (non-hydrogen) atoms. The molecule has 1 aliphatic rings. The van der Waals surface area contributed by atoms with Crippen molar-refractivity contribution in [3.05, 3.63) is 45.8 Å². The first-order chi connectivity index (χ1) is 16.5. The third-order valence-corrected chi connectivity index (χ3v) is 6.95. The van der Waals surface area contributed by atoms with Crippen molar-refractivity contribution in [3.63, 3.8) is 0 Å². The maximum atomic E-state index is 12.9. The molecule has 0 radical (unpaired) electrons. The molecule has 1 fully saturated rings. The fraction of sp³-hybridized carbons (Fsp3) is 0.593. The van der Waals surface area contributed by atoms with E-state index >= 15 is 0 Å². The largest absolute Gasteiger partial charge is 0.481 e.